The van der Waals surface area contributed by atoms with Crippen molar-refractivity contribution in [2.45, 2.75) is 31.3 Å². The largest absolute Gasteiger partial charge is 0.346 e. The normalized spacial score (nSPS) is 25.0. The van der Waals surface area contributed by atoms with Crippen molar-refractivity contribution in [3.63, 3.8) is 0 Å². The fourth-order valence-corrected chi connectivity index (χ4v) is 4.49. The monoisotopic (exact) mass is 302 g/mol. The van der Waals surface area contributed by atoms with Crippen LogP contribution in [0.4, 0.5) is 5.13 Å². The molecule has 1 aromatic carbocycles. The zero-order chi connectivity index (χ0) is 14.2. The summed E-state index contributed by atoms with van der Waals surface area (Å²) in [5.74, 6) is 0. The number of aromatic nitrogens is 1. The molecule has 0 spiro atoms. The van der Waals surface area contributed by atoms with Gasteiger partial charge in [0.15, 0.2) is 5.13 Å². The van der Waals surface area contributed by atoms with Crippen LogP contribution in [0.3, 0.4) is 0 Å². The highest BCUT2D eigenvalue weighted by Gasteiger charge is 2.30. The van der Waals surface area contributed by atoms with Crippen LogP contribution in [-0.4, -0.2) is 48.1 Å². The second-order valence-corrected chi connectivity index (χ2v) is 7.24. The minimum absolute atomic E-state index is 0.419. The van der Waals surface area contributed by atoms with Gasteiger partial charge in [-0.2, -0.15) is 0 Å². The first-order valence-electron chi connectivity index (χ1n) is 7.90. The summed E-state index contributed by atoms with van der Waals surface area (Å²) in [6.07, 6.45) is 3.56. The van der Waals surface area contributed by atoms with Crippen LogP contribution in [0.1, 0.15) is 19.3 Å². The first-order chi connectivity index (χ1) is 10.3. The van der Waals surface area contributed by atoms with Crippen molar-refractivity contribution in [2.75, 3.05) is 31.1 Å². The van der Waals surface area contributed by atoms with Gasteiger partial charge in [-0.25, -0.2) is 4.98 Å². The number of thiazole rings is 1. The Balaban J connectivity index is 1.46. The molecule has 21 heavy (non-hydrogen) atoms. The summed E-state index contributed by atoms with van der Waals surface area (Å²) < 4.78 is 1.29. The minimum atomic E-state index is 0.419. The molecule has 0 aliphatic carbocycles. The lowest BCUT2D eigenvalue weighted by molar-refractivity contribution is 0.163. The Morgan fingerprint density at radius 2 is 1.90 bits per heavy atom. The number of para-hydroxylation sites is 1. The summed E-state index contributed by atoms with van der Waals surface area (Å²) in [4.78, 5) is 9.89. The van der Waals surface area contributed by atoms with Gasteiger partial charge in [0.25, 0.3) is 0 Å². The van der Waals surface area contributed by atoms with E-state index in [1.165, 1.54) is 29.3 Å². The lowest BCUT2D eigenvalue weighted by atomic mass is 10.0. The van der Waals surface area contributed by atoms with E-state index in [1.54, 1.807) is 0 Å². The maximum atomic E-state index is 6.01. The molecule has 1 unspecified atom stereocenters. The summed E-state index contributed by atoms with van der Waals surface area (Å²) in [5.41, 5.74) is 7.14. The zero-order valence-corrected chi connectivity index (χ0v) is 13.1. The molecule has 2 aliphatic rings. The number of piperidine rings is 1. The predicted octanol–water partition coefficient (Wildman–Crippen LogP) is 2.30. The van der Waals surface area contributed by atoms with E-state index in [4.69, 9.17) is 10.7 Å². The van der Waals surface area contributed by atoms with Gasteiger partial charge in [-0.05, 0) is 44.5 Å². The van der Waals surface area contributed by atoms with Crippen molar-refractivity contribution in [1.82, 2.24) is 9.88 Å². The van der Waals surface area contributed by atoms with Crippen LogP contribution in [0, 0.1) is 0 Å². The molecule has 1 aromatic heterocycles. The number of rotatable bonds is 2. The van der Waals surface area contributed by atoms with Crippen LogP contribution in [0.2, 0.25) is 0 Å². The number of likely N-dealkylation sites (tertiary alicyclic amines) is 1. The lowest BCUT2D eigenvalue weighted by Crippen LogP contribution is -2.46. The number of nitrogens with zero attached hydrogens (tertiary/aromatic N) is 3. The van der Waals surface area contributed by atoms with E-state index in [2.05, 4.69) is 34.1 Å². The van der Waals surface area contributed by atoms with Crippen molar-refractivity contribution >= 4 is 26.7 Å². The third kappa shape index (κ3) is 2.65. The van der Waals surface area contributed by atoms with Gasteiger partial charge in [-0.3, -0.25) is 4.90 Å². The van der Waals surface area contributed by atoms with Crippen LogP contribution in [0.25, 0.3) is 10.2 Å². The topological polar surface area (TPSA) is 45.4 Å². The van der Waals surface area contributed by atoms with Crippen molar-refractivity contribution in [3.05, 3.63) is 24.3 Å². The Morgan fingerprint density at radius 3 is 2.71 bits per heavy atom. The molecule has 3 heterocycles. The molecular formula is C16H22N4S. The zero-order valence-electron chi connectivity index (χ0n) is 12.2. The van der Waals surface area contributed by atoms with Gasteiger partial charge in [-0.1, -0.05) is 23.5 Å². The van der Waals surface area contributed by atoms with Crippen molar-refractivity contribution in [3.8, 4) is 0 Å². The molecule has 2 saturated heterocycles. The Kier molecular flexibility index (Phi) is 3.57. The highest BCUT2D eigenvalue weighted by atomic mass is 32.1. The molecule has 4 rings (SSSR count). The van der Waals surface area contributed by atoms with E-state index in [1.807, 2.05) is 11.3 Å². The number of anilines is 1. The Labute approximate surface area is 129 Å². The molecule has 0 bridgehead atoms. The average Bonchev–Trinajstić information content (AvgIpc) is 3.14. The quantitative estimate of drug-likeness (QED) is 0.924. The fourth-order valence-electron chi connectivity index (χ4n) is 3.49. The van der Waals surface area contributed by atoms with E-state index < -0.39 is 0 Å². The van der Waals surface area contributed by atoms with Gasteiger partial charge in [0.05, 0.1) is 10.2 Å². The molecule has 0 radical (unpaired) electrons. The van der Waals surface area contributed by atoms with Gasteiger partial charge in [-0.15, -0.1) is 0 Å². The van der Waals surface area contributed by atoms with E-state index in [9.17, 15) is 0 Å². The van der Waals surface area contributed by atoms with Crippen molar-refractivity contribution in [1.29, 1.82) is 0 Å². The molecule has 2 aliphatic heterocycles. The number of hydrogen-bond acceptors (Lipinski definition) is 5. The molecular weight excluding hydrogens is 280 g/mol. The lowest BCUT2D eigenvalue weighted by Gasteiger charge is -2.34. The highest BCUT2D eigenvalue weighted by Crippen LogP contribution is 2.31. The number of fused-ring (bicyclic) bond motifs is 1. The second kappa shape index (κ2) is 5.55. The van der Waals surface area contributed by atoms with Crippen molar-refractivity contribution < 1.29 is 0 Å². The van der Waals surface area contributed by atoms with E-state index >= 15 is 0 Å². The SMILES string of the molecule is NC1CCN(C2CCN(c3nc4ccccc4s3)C2)CC1. The molecule has 0 amide bonds. The van der Waals surface area contributed by atoms with E-state index in [0.717, 1.165) is 31.4 Å². The standard InChI is InChI=1S/C16H22N4S/c17-12-5-8-19(9-6-12)13-7-10-20(11-13)16-18-14-3-1-2-4-15(14)21-16/h1-4,12-13H,5-11,17H2. The molecule has 2 N–H and O–H groups in total. The van der Waals surface area contributed by atoms with Crippen LogP contribution in [0.5, 0.6) is 0 Å². The van der Waals surface area contributed by atoms with Crippen LogP contribution >= 0.6 is 11.3 Å². The van der Waals surface area contributed by atoms with Gasteiger partial charge in [0.2, 0.25) is 0 Å². The van der Waals surface area contributed by atoms with Gasteiger partial charge < -0.3 is 10.6 Å². The molecule has 112 valence electrons. The molecule has 4 nitrogen and oxygen atoms in total. The molecule has 0 saturated carbocycles. The van der Waals surface area contributed by atoms with Crippen LogP contribution in [0.15, 0.2) is 24.3 Å². The Bertz CT molecular complexity index is 585. The Hall–Kier alpha value is -1.17. The molecule has 5 heteroatoms. The minimum Gasteiger partial charge on any atom is -0.346 e. The third-order valence-corrected chi connectivity index (χ3v) is 5.90. The second-order valence-electron chi connectivity index (χ2n) is 6.23. The first-order valence-corrected chi connectivity index (χ1v) is 8.71. The summed E-state index contributed by atoms with van der Waals surface area (Å²) in [7, 11) is 0. The van der Waals surface area contributed by atoms with Gasteiger partial charge >= 0.3 is 0 Å². The van der Waals surface area contributed by atoms with E-state index in [-0.39, 0.29) is 0 Å². The number of hydrogen-bond donors (Lipinski definition) is 1. The summed E-state index contributed by atoms with van der Waals surface area (Å²) in [5, 5.41) is 1.19. The maximum Gasteiger partial charge on any atom is 0.186 e. The highest BCUT2D eigenvalue weighted by molar-refractivity contribution is 7.22. The Morgan fingerprint density at radius 1 is 1.10 bits per heavy atom. The summed E-state index contributed by atoms with van der Waals surface area (Å²) >= 11 is 1.82. The predicted molar refractivity (Wildman–Crippen MR) is 89.0 cm³/mol. The van der Waals surface area contributed by atoms with Crippen LogP contribution < -0.4 is 10.6 Å². The van der Waals surface area contributed by atoms with Crippen molar-refractivity contribution in [2.24, 2.45) is 5.73 Å². The van der Waals surface area contributed by atoms with Gasteiger partial charge in [0, 0.05) is 25.2 Å². The van der Waals surface area contributed by atoms with Gasteiger partial charge in [0.1, 0.15) is 0 Å². The smallest absolute Gasteiger partial charge is 0.186 e. The molecule has 1 atom stereocenters. The maximum absolute atomic E-state index is 6.01. The number of benzene rings is 1. The molecule has 2 fully saturated rings. The third-order valence-electron chi connectivity index (χ3n) is 4.81. The summed E-state index contributed by atoms with van der Waals surface area (Å²) in [6.45, 7) is 4.58. The van der Waals surface area contributed by atoms with Crippen LogP contribution in [-0.2, 0) is 0 Å². The number of nitrogens with two attached hydrogens (primary N) is 1. The fraction of sp³-hybridized carbons (Fsp3) is 0.562. The first kappa shape index (κ1) is 13.5. The van der Waals surface area contributed by atoms with E-state index in [0.29, 0.717) is 12.1 Å². The average molecular weight is 302 g/mol. The molecule has 2 aromatic rings. The summed E-state index contributed by atoms with van der Waals surface area (Å²) in [6, 6.07) is 9.53.